The Morgan fingerprint density at radius 1 is 0.938 bits per heavy atom. The number of benzene rings is 1. The Morgan fingerprint density at radius 2 is 1.66 bits per heavy atom. The van der Waals surface area contributed by atoms with Crippen LogP contribution in [-0.2, 0) is 9.59 Å². The van der Waals surface area contributed by atoms with Crippen LogP contribution in [0.1, 0.15) is 71.6 Å². The first-order valence-electron chi connectivity index (χ1n) is 11.6. The summed E-state index contributed by atoms with van der Waals surface area (Å²) in [5.41, 5.74) is 0.916. The number of nitrogens with zero attached hydrogens (tertiary/aromatic N) is 3. The summed E-state index contributed by atoms with van der Waals surface area (Å²) in [4.78, 5) is 26.9. The third-order valence-corrected chi connectivity index (χ3v) is 6.13. The molecule has 0 unspecified atom stereocenters. The molecule has 1 heterocycles. The van der Waals surface area contributed by atoms with Crippen molar-refractivity contribution in [2.45, 2.75) is 71.6 Å². The molecule has 0 fully saturated rings. The highest BCUT2D eigenvalue weighted by Crippen LogP contribution is 2.27. The van der Waals surface area contributed by atoms with Gasteiger partial charge in [-0.05, 0) is 37.1 Å². The Bertz CT molecular complexity index is 823. The number of unbranched alkanes of at least 4 members (excludes halogenated alkanes) is 5. The predicted octanol–water partition coefficient (Wildman–Crippen LogP) is 5.53. The van der Waals surface area contributed by atoms with Crippen LogP contribution in [0.15, 0.2) is 24.3 Å². The van der Waals surface area contributed by atoms with E-state index in [0.29, 0.717) is 24.6 Å². The van der Waals surface area contributed by atoms with Gasteiger partial charge in [0.1, 0.15) is 10.8 Å². The number of hydrogen-bond acceptors (Lipinski definition) is 6. The molecule has 2 amide bonds. The minimum absolute atomic E-state index is 0.153. The largest absolute Gasteiger partial charge is 0.497 e. The molecule has 1 N–H and O–H groups in total. The lowest BCUT2D eigenvalue weighted by Crippen LogP contribution is -2.34. The van der Waals surface area contributed by atoms with Gasteiger partial charge in [-0.3, -0.25) is 9.59 Å². The number of ether oxygens (including phenoxy) is 1. The van der Waals surface area contributed by atoms with Crippen LogP contribution in [0.2, 0.25) is 0 Å². The molecule has 1 aromatic carbocycles. The first-order valence-corrected chi connectivity index (χ1v) is 12.4. The van der Waals surface area contributed by atoms with E-state index in [1.54, 1.807) is 7.11 Å². The smallest absolute Gasteiger partial charge is 0.227 e. The van der Waals surface area contributed by atoms with Gasteiger partial charge in [-0.2, -0.15) is 0 Å². The van der Waals surface area contributed by atoms with E-state index >= 15 is 0 Å². The molecule has 0 radical (unpaired) electrons. The fourth-order valence-corrected chi connectivity index (χ4v) is 4.06. The van der Waals surface area contributed by atoms with Crippen LogP contribution in [0.25, 0.3) is 10.6 Å². The van der Waals surface area contributed by atoms with Crippen molar-refractivity contribution in [2.75, 3.05) is 25.5 Å². The second-order valence-electron chi connectivity index (χ2n) is 7.84. The topological polar surface area (TPSA) is 84.4 Å². The molecule has 0 atom stereocenters. The van der Waals surface area contributed by atoms with Crippen molar-refractivity contribution < 1.29 is 14.3 Å². The molecule has 8 heteroatoms. The molecule has 0 aliphatic carbocycles. The van der Waals surface area contributed by atoms with Crippen LogP contribution < -0.4 is 10.1 Å². The molecule has 0 aliphatic heterocycles. The number of anilines is 1. The molecule has 0 saturated carbocycles. The summed E-state index contributed by atoms with van der Waals surface area (Å²) in [5, 5.41) is 12.2. The molecule has 176 valence electrons. The van der Waals surface area contributed by atoms with Crippen LogP contribution in [0.3, 0.4) is 0 Å². The molecular weight excluding hydrogens is 424 g/mol. The molecular formula is C24H36N4O3S. The van der Waals surface area contributed by atoms with Gasteiger partial charge in [0.25, 0.3) is 0 Å². The van der Waals surface area contributed by atoms with Crippen molar-refractivity contribution in [1.82, 2.24) is 15.1 Å². The molecule has 0 aliphatic rings. The molecule has 32 heavy (non-hydrogen) atoms. The molecule has 0 bridgehead atoms. The van der Waals surface area contributed by atoms with Gasteiger partial charge in [0.15, 0.2) is 0 Å². The Labute approximate surface area is 195 Å². The number of amides is 2. The number of carbonyl (C=O) groups is 2. The van der Waals surface area contributed by atoms with Gasteiger partial charge in [0, 0.05) is 31.5 Å². The number of methoxy groups -OCH3 is 1. The Balaban J connectivity index is 1.82. The van der Waals surface area contributed by atoms with E-state index in [-0.39, 0.29) is 18.2 Å². The molecule has 0 saturated heterocycles. The normalized spacial score (nSPS) is 10.7. The van der Waals surface area contributed by atoms with Crippen molar-refractivity contribution in [1.29, 1.82) is 0 Å². The maximum absolute atomic E-state index is 12.6. The van der Waals surface area contributed by atoms with Gasteiger partial charge >= 0.3 is 0 Å². The third kappa shape index (κ3) is 8.94. The fraction of sp³-hybridized carbons (Fsp3) is 0.583. The minimum atomic E-state index is -0.153. The van der Waals surface area contributed by atoms with Gasteiger partial charge in [-0.1, -0.05) is 57.3 Å². The highest BCUT2D eigenvalue weighted by Gasteiger charge is 2.16. The summed E-state index contributed by atoms with van der Waals surface area (Å²) in [7, 11) is 1.62. The summed E-state index contributed by atoms with van der Waals surface area (Å²) >= 11 is 1.32. The Kier molecular flexibility index (Phi) is 11.7. The SMILES string of the molecule is CCCCCCCC(=O)N(CCCC)CCC(=O)Nc1nnc(-c2ccc(OC)cc2)s1. The second-order valence-corrected chi connectivity index (χ2v) is 8.82. The number of nitrogens with one attached hydrogen (secondary N) is 1. The Morgan fingerprint density at radius 3 is 2.34 bits per heavy atom. The van der Waals surface area contributed by atoms with Crippen molar-refractivity contribution in [2.24, 2.45) is 0 Å². The molecule has 1 aromatic heterocycles. The molecule has 2 aromatic rings. The summed E-state index contributed by atoms with van der Waals surface area (Å²) in [6.45, 7) is 5.43. The molecule has 0 spiro atoms. The molecule has 2 rings (SSSR count). The summed E-state index contributed by atoms with van der Waals surface area (Å²) in [6, 6.07) is 7.54. The van der Waals surface area contributed by atoms with Gasteiger partial charge in [-0.15, -0.1) is 10.2 Å². The highest BCUT2D eigenvalue weighted by molar-refractivity contribution is 7.18. The lowest BCUT2D eigenvalue weighted by atomic mass is 10.1. The van der Waals surface area contributed by atoms with Crippen LogP contribution in [-0.4, -0.2) is 47.1 Å². The van der Waals surface area contributed by atoms with E-state index < -0.39 is 0 Å². The van der Waals surface area contributed by atoms with Gasteiger partial charge in [0.2, 0.25) is 16.9 Å². The molecule has 7 nitrogen and oxygen atoms in total. The lowest BCUT2D eigenvalue weighted by Gasteiger charge is -2.22. The average molecular weight is 461 g/mol. The van der Waals surface area contributed by atoms with Gasteiger partial charge in [0.05, 0.1) is 7.11 Å². The fourth-order valence-electron chi connectivity index (χ4n) is 3.29. The number of rotatable bonds is 15. The van der Waals surface area contributed by atoms with Crippen molar-refractivity contribution in [3.8, 4) is 16.3 Å². The van der Waals surface area contributed by atoms with Crippen molar-refractivity contribution in [3.63, 3.8) is 0 Å². The van der Waals surface area contributed by atoms with E-state index in [0.717, 1.165) is 42.0 Å². The van der Waals surface area contributed by atoms with E-state index in [2.05, 4.69) is 29.4 Å². The zero-order valence-corrected chi connectivity index (χ0v) is 20.4. The first-order chi connectivity index (χ1) is 15.6. The third-order valence-electron chi connectivity index (χ3n) is 5.25. The highest BCUT2D eigenvalue weighted by atomic mass is 32.1. The van der Waals surface area contributed by atoms with Crippen LogP contribution in [0.5, 0.6) is 5.75 Å². The van der Waals surface area contributed by atoms with Crippen LogP contribution >= 0.6 is 11.3 Å². The summed E-state index contributed by atoms with van der Waals surface area (Å²) in [6.07, 6.45) is 8.40. The first kappa shape index (κ1) is 25.8. The van der Waals surface area contributed by atoms with Gasteiger partial charge < -0.3 is 15.0 Å². The lowest BCUT2D eigenvalue weighted by molar-refractivity contribution is -0.131. The van der Waals surface area contributed by atoms with Crippen molar-refractivity contribution in [3.05, 3.63) is 24.3 Å². The standard InChI is InChI=1S/C24H36N4O3S/c1-4-6-8-9-10-11-22(30)28(17-7-5-2)18-16-21(29)25-24-27-26-23(32-24)19-12-14-20(31-3)15-13-19/h12-15H,4-11,16-18H2,1-3H3,(H,25,27,29). The van der Waals surface area contributed by atoms with E-state index in [4.69, 9.17) is 4.74 Å². The monoisotopic (exact) mass is 460 g/mol. The number of hydrogen-bond donors (Lipinski definition) is 1. The quantitative estimate of drug-likeness (QED) is 0.353. The summed E-state index contributed by atoms with van der Waals surface area (Å²) in [5.74, 6) is 0.773. The van der Waals surface area contributed by atoms with E-state index in [9.17, 15) is 9.59 Å². The Hall–Kier alpha value is -2.48. The average Bonchev–Trinajstić information content (AvgIpc) is 3.27. The van der Waals surface area contributed by atoms with Gasteiger partial charge in [-0.25, -0.2) is 0 Å². The van der Waals surface area contributed by atoms with Crippen LogP contribution in [0.4, 0.5) is 5.13 Å². The summed E-state index contributed by atoms with van der Waals surface area (Å²) < 4.78 is 5.17. The zero-order chi connectivity index (χ0) is 23.2. The maximum atomic E-state index is 12.6. The van der Waals surface area contributed by atoms with Crippen molar-refractivity contribution >= 4 is 28.3 Å². The minimum Gasteiger partial charge on any atom is -0.497 e. The van der Waals surface area contributed by atoms with E-state index in [1.165, 1.54) is 30.6 Å². The van der Waals surface area contributed by atoms with Crippen LogP contribution in [0, 0.1) is 0 Å². The van der Waals surface area contributed by atoms with E-state index in [1.807, 2.05) is 29.2 Å². The number of carbonyl (C=O) groups excluding carboxylic acids is 2. The number of aromatic nitrogens is 2. The predicted molar refractivity (Wildman–Crippen MR) is 130 cm³/mol. The zero-order valence-electron chi connectivity index (χ0n) is 19.6. The maximum Gasteiger partial charge on any atom is 0.227 e. The second kappa shape index (κ2) is 14.6.